The van der Waals surface area contributed by atoms with E-state index in [1.165, 1.54) is 24.3 Å². The maximum atomic E-state index is 10.5. The zero-order valence-electron chi connectivity index (χ0n) is 24.3. The summed E-state index contributed by atoms with van der Waals surface area (Å²) in [5.74, 6) is -7.36. The predicted molar refractivity (Wildman–Crippen MR) is 160 cm³/mol. The van der Waals surface area contributed by atoms with Crippen molar-refractivity contribution in [1.29, 1.82) is 0 Å². The molecule has 18 nitrogen and oxygen atoms in total. The van der Waals surface area contributed by atoms with Gasteiger partial charge in [-0.25, -0.2) is 33.6 Å². The summed E-state index contributed by atoms with van der Waals surface area (Å²) in [5.41, 5.74) is -1.49. The predicted octanol–water partition coefficient (Wildman–Crippen LogP) is 0.310. The Bertz CT molecular complexity index is 978. The standard InChI is InChI=1S/C8H6O4.C5H12O4.5C3H4O2/c9-7(10)5-3-1-2-4-6(5)8(11)12;6-1-5(2-7,3-8)4-9;5*1-2-3(4)5/h1-4H,(H,9,10)(H,11,12);6-9H,1-4H2;5*2H,1H2,(H,4,5). The van der Waals surface area contributed by atoms with Gasteiger partial charge in [-0.1, -0.05) is 45.0 Å². The second kappa shape index (κ2) is 35.2. The molecular weight excluding hydrogens is 624 g/mol. The molecule has 11 N–H and O–H groups in total. The highest BCUT2D eigenvalue weighted by Crippen LogP contribution is 2.12. The molecule has 0 radical (unpaired) electrons. The normalized spacial score (nSPS) is 8.26. The second-order valence-corrected chi connectivity index (χ2v) is 7.00. The van der Waals surface area contributed by atoms with E-state index in [2.05, 4.69) is 32.9 Å². The fourth-order valence-corrected chi connectivity index (χ4v) is 1.16. The number of aliphatic hydroxyl groups excluding tert-OH is 4. The topological polar surface area (TPSA) is 342 Å². The number of carbonyl (C=O) groups is 7. The third kappa shape index (κ3) is 42.5. The fraction of sp³-hybridized carbons (Fsp3) is 0.179. The van der Waals surface area contributed by atoms with Gasteiger partial charge in [-0.05, 0) is 12.1 Å². The quantitative estimate of drug-likeness (QED) is 0.142. The van der Waals surface area contributed by atoms with Crippen molar-refractivity contribution in [3.8, 4) is 0 Å². The maximum Gasteiger partial charge on any atom is 0.336 e. The van der Waals surface area contributed by atoms with Crippen LogP contribution in [0.3, 0.4) is 0 Å². The zero-order valence-corrected chi connectivity index (χ0v) is 24.3. The average Bonchev–Trinajstić information content (AvgIpc) is 3.03. The summed E-state index contributed by atoms with van der Waals surface area (Å²) >= 11 is 0. The van der Waals surface area contributed by atoms with Gasteiger partial charge >= 0.3 is 41.8 Å². The molecule has 1 aromatic carbocycles. The number of rotatable bonds is 11. The Morgan fingerprint density at radius 1 is 0.457 bits per heavy atom. The van der Waals surface area contributed by atoms with Gasteiger partial charge in [-0.3, -0.25) is 0 Å². The number of hydrogen-bond donors (Lipinski definition) is 11. The maximum absolute atomic E-state index is 10.5. The molecule has 0 spiro atoms. The van der Waals surface area contributed by atoms with Gasteiger partial charge in [0.1, 0.15) is 0 Å². The van der Waals surface area contributed by atoms with E-state index >= 15 is 0 Å². The van der Waals surface area contributed by atoms with Gasteiger partial charge in [0, 0.05) is 30.4 Å². The van der Waals surface area contributed by atoms with Crippen LogP contribution in [0.25, 0.3) is 0 Å². The minimum Gasteiger partial charge on any atom is -0.478 e. The number of carboxylic acids is 7. The first kappa shape index (κ1) is 52.7. The third-order valence-corrected chi connectivity index (χ3v) is 3.60. The van der Waals surface area contributed by atoms with Crippen LogP contribution in [0.15, 0.2) is 87.5 Å². The van der Waals surface area contributed by atoms with Crippen LogP contribution in [-0.2, 0) is 24.0 Å². The molecule has 0 aliphatic heterocycles. The van der Waals surface area contributed by atoms with Crippen molar-refractivity contribution in [3.63, 3.8) is 0 Å². The Balaban J connectivity index is -0.000000106. The van der Waals surface area contributed by atoms with Crippen molar-refractivity contribution in [2.75, 3.05) is 26.4 Å². The molecule has 0 bridgehead atoms. The molecule has 18 heteroatoms. The van der Waals surface area contributed by atoms with Gasteiger partial charge in [-0.15, -0.1) is 0 Å². The molecule has 1 rings (SSSR count). The summed E-state index contributed by atoms with van der Waals surface area (Å²) in [6.07, 6.45) is 4.17. The highest BCUT2D eigenvalue weighted by atomic mass is 16.4. The number of aromatic carboxylic acids is 2. The summed E-state index contributed by atoms with van der Waals surface area (Å²) in [6.45, 7) is 13.2. The van der Waals surface area contributed by atoms with Crippen LogP contribution in [0.2, 0.25) is 0 Å². The summed E-state index contributed by atoms with van der Waals surface area (Å²) in [5, 5.41) is 89.1. The molecule has 258 valence electrons. The van der Waals surface area contributed by atoms with Crippen LogP contribution in [-0.4, -0.2) is 124 Å². The van der Waals surface area contributed by atoms with Crippen LogP contribution in [0.1, 0.15) is 20.7 Å². The molecular formula is C28H38O18. The summed E-state index contributed by atoms with van der Waals surface area (Å²) < 4.78 is 0. The largest absolute Gasteiger partial charge is 0.478 e. The van der Waals surface area contributed by atoms with Crippen molar-refractivity contribution in [2.45, 2.75) is 0 Å². The molecule has 0 amide bonds. The molecule has 0 heterocycles. The van der Waals surface area contributed by atoms with Crippen molar-refractivity contribution >= 4 is 41.8 Å². The van der Waals surface area contributed by atoms with E-state index in [0.717, 1.165) is 30.4 Å². The Morgan fingerprint density at radius 2 is 0.609 bits per heavy atom. The summed E-state index contributed by atoms with van der Waals surface area (Å²) in [6, 6.07) is 5.48. The Morgan fingerprint density at radius 3 is 0.674 bits per heavy atom. The fourth-order valence-electron chi connectivity index (χ4n) is 1.16. The van der Waals surface area contributed by atoms with Gasteiger partial charge < -0.3 is 56.2 Å². The van der Waals surface area contributed by atoms with Crippen LogP contribution in [0, 0.1) is 5.41 Å². The van der Waals surface area contributed by atoms with E-state index in [1.54, 1.807) is 0 Å². The third-order valence-electron chi connectivity index (χ3n) is 3.60. The molecule has 0 atom stereocenters. The summed E-state index contributed by atoms with van der Waals surface area (Å²) in [4.78, 5) is 67.2. The molecule has 0 aliphatic rings. The van der Waals surface area contributed by atoms with Crippen molar-refractivity contribution < 1.29 is 89.7 Å². The Hall–Kier alpha value is -5.95. The monoisotopic (exact) mass is 662 g/mol. The first-order chi connectivity index (χ1) is 21.2. The SMILES string of the molecule is C=CC(=O)O.C=CC(=O)O.C=CC(=O)O.C=CC(=O)O.C=CC(=O)O.O=C(O)c1ccccc1C(=O)O.OCC(CO)(CO)CO. The number of hydrogen-bond acceptors (Lipinski definition) is 11. The molecule has 0 fully saturated rings. The number of aliphatic carboxylic acids is 5. The van der Waals surface area contributed by atoms with Crippen LogP contribution in [0.5, 0.6) is 0 Å². The lowest BCUT2D eigenvalue weighted by atomic mass is 9.93. The second-order valence-electron chi connectivity index (χ2n) is 7.00. The molecule has 0 aliphatic carbocycles. The lowest BCUT2D eigenvalue weighted by molar-refractivity contribution is -0.132. The smallest absolute Gasteiger partial charge is 0.336 e. The van der Waals surface area contributed by atoms with Crippen molar-refractivity contribution in [1.82, 2.24) is 0 Å². The minimum absolute atomic E-state index is 0.190. The molecule has 0 aromatic heterocycles. The van der Waals surface area contributed by atoms with Gasteiger partial charge in [-0.2, -0.15) is 0 Å². The van der Waals surface area contributed by atoms with Gasteiger partial charge in [0.15, 0.2) is 0 Å². The van der Waals surface area contributed by atoms with Crippen molar-refractivity contribution in [2.24, 2.45) is 5.41 Å². The van der Waals surface area contributed by atoms with Crippen LogP contribution >= 0.6 is 0 Å². The molecule has 0 saturated carbocycles. The molecule has 0 saturated heterocycles. The van der Waals surface area contributed by atoms with E-state index in [4.69, 9.17) is 56.2 Å². The summed E-state index contributed by atoms with van der Waals surface area (Å²) in [7, 11) is 0. The van der Waals surface area contributed by atoms with Crippen LogP contribution < -0.4 is 0 Å². The molecule has 46 heavy (non-hydrogen) atoms. The number of aliphatic hydroxyl groups is 4. The first-order valence-corrected chi connectivity index (χ1v) is 11.5. The number of benzene rings is 1. The Kier molecular flexibility index (Phi) is 40.4. The highest BCUT2D eigenvalue weighted by Gasteiger charge is 2.26. The Labute approximate surface area is 262 Å². The van der Waals surface area contributed by atoms with E-state index in [-0.39, 0.29) is 11.1 Å². The first-order valence-electron chi connectivity index (χ1n) is 11.5. The number of carboxylic acid groups (broad SMARTS) is 7. The molecule has 1 aromatic rings. The van der Waals surface area contributed by atoms with Gasteiger partial charge in [0.05, 0.1) is 43.0 Å². The van der Waals surface area contributed by atoms with Gasteiger partial charge in [0.2, 0.25) is 0 Å². The van der Waals surface area contributed by atoms with E-state index in [1.807, 2.05) is 0 Å². The van der Waals surface area contributed by atoms with Crippen molar-refractivity contribution in [3.05, 3.63) is 98.7 Å². The van der Waals surface area contributed by atoms with Gasteiger partial charge in [0.25, 0.3) is 0 Å². The zero-order chi connectivity index (χ0) is 37.9. The van der Waals surface area contributed by atoms with E-state index in [0.29, 0.717) is 0 Å². The van der Waals surface area contributed by atoms with E-state index < -0.39 is 73.6 Å². The van der Waals surface area contributed by atoms with Crippen LogP contribution in [0.4, 0.5) is 0 Å². The lowest BCUT2D eigenvalue weighted by Crippen LogP contribution is -2.37. The molecule has 0 unspecified atom stereocenters. The van der Waals surface area contributed by atoms with E-state index in [9.17, 15) is 33.6 Å². The lowest BCUT2D eigenvalue weighted by Gasteiger charge is -2.23. The highest BCUT2D eigenvalue weighted by molar-refractivity contribution is 6.01. The minimum atomic E-state index is -1.23. The average molecular weight is 663 g/mol.